The predicted molar refractivity (Wildman–Crippen MR) is 74.0 cm³/mol. The minimum absolute atomic E-state index is 0.0513. The average Bonchev–Trinajstić information content (AvgIpc) is 2.41. The maximum Gasteiger partial charge on any atom is 0.341 e. The van der Waals surface area contributed by atoms with Crippen molar-refractivity contribution in [2.24, 2.45) is 0 Å². The fourth-order valence-corrected chi connectivity index (χ4v) is 1.71. The lowest BCUT2D eigenvalue weighted by Crippen LogP contribution is -2.12. The van der Waals surface area contributed by atoms with Gasteiger partial charge in [0.05, 0.1) is 26.7 Å². The molecule has 0 bridgehead atoms. The molecule has 0 atom stereocenters. The third-order valence-electron chi connectivity index (χ3n) is 2.29. The van der Waals surface area contributed by atoms with Gasteiger partial charge in [0, 0.05) is 4.47 Å². The Balaban J connectivity index is 2.48. The van der Waals surface area contributed by atoms with Gasteiger partial charge in [-0.05, 0) is 18.2 Å². The first-order chi connectivity index (χ1) is 9.54. The van der Waals surface area contributed by atoms with E-state index in [4.69, 9.17) is 14.6 Å². The molecular formula is C13H15BrO6. The SMILES string of the molecule is COC(=O)c1ccc(Br)cc1OCCOCCC(=O)O. The van der Waals surface area contributed by atoms with Crippen LogP contribution in [0.1, 0.15) is 16.8 Å². The number of carbonyl (C=O) groups excluding carboxylic acids is 1. The molecule has 110 valence electrons. The molecule has 1 aromatic carbocycles. The lowest BCUT2D eigenvalue weighted by Gasteiger charge is -2.10. The van der Waals surface area contributed by atoms with Crippen molar-refractivity contribution < 1.29 is 28.9 Å². The first-order valence-electron chi connectivity index (χ1n) is 5.84. The number of hydrogen-bond acceptors (Lipinski definition) is 5. The van der Waals surface area contributed by atoms with Gasteiger partial charge in [0.25, 0.3) is 0 Å². The van der Waals surface area contributed by atoms with Crippen LogP contribution in [0.2, 0.25) is 0 Å². The Bertz CT molecular complexity index is 474. The van der Waals surface area contributed by atoms with E-state index in [1.165, 1.54) is 7.11 Å². The van der Waals surface area contributed by atoms with E-state index < -0.39 is 11.9 Å². The zero-order valence-corrected chi connectivity index (χ0v) is 12.5. The van der Waals surface area contributed by atoms with Crippen LogP contribution in [0.15, 0.2) is 22.7 Å². The summed E-state index contributed by atoms with van der Waals surface area (Å²) in [5.41, 5.74) is 0.321. The second-order valence-corrected chi connectivity index (χ2v) is 4.65. The van der Waals surface area contributed by atoms with Gasteiger partial charge in [-0.25, -0.2) is 4.79 Å². The fourth-order valence-electron chi connectivity index (χ4n) is 1.37. The molecule has 20 heavy (non-hydrogen) atoms. The van der Waals surface area contributed by atoms with E-state index in [9.17, 15) is 9.59 Å². The van der Waals surface area contributed by atoms with Crippen molar-refractivity contribution in [3.63, 3.8) is 0 Å². The van der Waals surface area contributed by atoms with Crippen molar-refractivity contribution in [1.29, 1.82) is 0 Å². The highest BCUT2D eigenvalue weighted by molar-refractivity contribution is 9.10. The number of esters is 1. The number of halogens is 1. The van der Waals surface area contributed by atoms with Crippen molar-refractivity contribution in [3.05, 3.63) is 28.2 Å². The molecule has 0 unspecified atom stereocenters. The number of carboxylic acid groups (broad SMARTS) is 1. The molecule has 0 saturated heterocycles. The minimum Gasteiger partial charge on any atom is -0.490 e. The van der Waals surface area contributed by atoms with Gasteiger partial charge in [-0.1, -0.05) is 15.9 Å². The van der Waals surface area contributed by atoms with Crippen LogP contribution in [-0.4, -0.2) is 44.0 Å². The molecule has 0 radical (unpaired) electrons. The monoisotopic (exact) mass is 346 g/mol. The molecule has 6 nitrogen and oxygen atoms in total. The number of benzene rings is 1. The maximum absolute atomic E-state index is 11.5. The normalized spacial score (nSPS) is 10.1. The Hall–Kier alpha value is -1.60. The molecule has 0 saturated carbocycles. The Morgan fingerprint density at radius 1 is 1.25 bits per heavy atom. The van der Waals surface area contributed by atoms with Crippen LogP contribution in [-0.2, 0) is 14.3 Å². The number of ether oxygens (including phenoxy) is 3. The van der Waals surface area contributed by atoms with E-state index in [0.29, 0.717) is 11.3 Å². The van der Waals surface area contributed by atoms with E-state index in [0.717, 1.165) is 4.47 Å². The first-order valence-corrected chi connectivity index (χ1v) is 6.64. The van der Waals surface area contributed by atoms with Gasteiger partial charge >= 0.3 is 11.9 Å². The van der Waals surface area contributed by atoms with Crippen molar-refractivity contribution in [2.45, 2.75) is 6.42 Å². The predicted octanol–water partition coefficient (Wildman–Crippen LogP) is 2.11. The average molecular weight is 347 g/mol. The van der Waals surface area contributed by atoms with Crippen LogP contribution in [0.3, 0.4) is 0 Å². The molecule has 0 fully saturated rings. The van der Waals surface area contributed by atoms with Crippen LogP contribution in [0.5, 0.6) is 5.75 Å². The standard InChI is InChI=1S/C13H15BrO6/c1-18-13(17)10-3-2-9(14)8-11(10)20-7-6-19-5-4-12(15)16/h2-3,8H,4-7H2,1H3,(H,15,16). The van der Waals surface area contributed by atoms with E-state index >= 15 is 0 Å². The Morgan fingerprint density at radius 3 is 2.65 bits per heavy atom. The summed E-state index contributed by atoms with van der Waals surface area (Å²) in [6, 6.07) is 4.96. The van der Waals surface area contributed by atoms with Crippen molar-refractivity contribution in [1.82, 2.24) is 0 Å². The lowest BCUT2D eigenvalue weighted by atomic mass is 10.2. The molecule has 0 aromatic heterocycles. The van der Waals surface area contributed by atoms with Gasteiger partial charge in [0.15, 0.2) is 0 Å². The Kier molecular flexibility index (Phi) is 7.03. The third-order valence-corrected chi connectivity index (χ3v) is 2.79. The van der Waals surface area contributed by atoms with Crippen LogP contribution >= 0.6 is 15.9 Å². The number of aliphatic carboxylic acids is 1. The number of carbonyl (C=O) groups is 2. The molecule has 0 heterocycles. The number of carboxylic acids is 1. The largest absolute Gasteiger partial charge is 0.490 e. The van der Waals surface area contributed by atoms with Gasteiger partial charge in [-0.3, -0.25) is 4.79 Å². The molecule has 7 heteroatoms. The molecule has 0 spiro atoms. The van der Waals surface area contributed by atoms with Crippen molar-refractivity contribution in [2.75, 3.05) is 26.9 Å². The zero-order valence-electron chi connectivity index (χ0n) is 10.9. The fraction of sp³-hybridized carbons (Fsp3) is 0.385. The minimum atomic E-state index is -0.911. The van der Waals surface area contributed by atoms with Gasteiger partial charge in [-0.2, -0.15) is 0 Å². The highest BCUT2D eigenvalue weighted by Gasteiger charge is 2.13. The van der Waals surface area contributed by atoms with Crippen molar-refractivity contribution in [3.8, 4) is 5.75 Å². The molecule has 0 aliphatic heterocycles. The molecule has 1 N–H and O–H groups in total. The van der Waals surface area contributed by atoms with E-state index in [1.54, 1.807) is 18.2 Å². The molecular weight excluding hydrogens is 332 g/mol. The van der Waals surface area contributed by atoms with Gasteiger partial charge in [-0.15, -0.1) is 0 Å². The second-order valence-electron chi connectivity index (χ2n) is 3.74. The van der Waals surface area contributed by atoms with Gasteiger partial charge in [0.2, 0.25) is 0 Å². The highest BCUT2D eigenvalue weighted by atomic mass is 79.9. The molecule has 1 aromatic rings. The first kappa shape index (κ1) is 16.5. The quantitative estimate of drug-likeness (QED) is 0.573. The van der Waals surface area contributed by atoms with E-state index in [2.05, 4.69) is 20.7 Å². The summed E-state index contributed by atoms with van der Waals surface area (Å²) < 4.78 is 16.0. The summed E-state index contributed by atoms with van der Waals surface area (Å²) in [5.74, 6) is -1.02. The number of methoxy groups -OCH3 is 1. The summed E-state index contributed by atoms with van der Waals surface area (Å²) in [5, 5.41) is 8.44. The second kappa shape index (κ2) is 8.55. The van der Waals surface area contributed by atoms with E-state index in [1.807, 2.05) is 0 Å². The molecule has 0 aliphatic carbocycles. The summed E-state index contributed by atoms with van der Waals surface area (Å²) >= 11 is 3.29. The van der Waals surface area contributed by atoms with Crippen LogP contribution in [0, 0.1) is 0 Å². The molecule has 0 amide bonds. The Morgan fingerprint density at radius 2 is 2.00 bits per heavy atom. The summed E-state index contributed by atoms with van der Waals surface area (Å²) in [4.78, 5) is 21.8. The molecule has 1 rings (SSSR count). The van der Waals surface area contributed by atoms with Crippen LogP contribution in [0.25, 0.3) is 0 Å². The smallest absolute Gasteiger partial charge is 0.341 e. The topological polar surface area (TPSA) is 82.1 Å². The van der Waals surface area contributed by atoms with E-state index in [-0.39, 0.29) is 26.2 Å². The van der Waals surface area contributed by atoms with Crippen molar-refractivity contribution >= 4 is 27.9 Å². The lowest BCUT2D eigenvalue weighted by molar-refractivity contribution is -0.138. The number of rotatable bonds is 8. The Labute approximate surface area is 124 Å². The number of hydrogen-bond donors (Lipinski definition) is 1. The summed E-state index contributed by atoms with van der Waals surface area (Å²) in [6.07, 6.45) is -0.0513. The van der Waals surface area contributed by atoms with Gasteiger partial charge < -0.3 is 19.3 Å². The zero-order chi connectivity index (χ0) is 15.0. The van der Waals surface area contributed by atoms with Gasteiger partial charge in [0.1, 0.15) is 17.9 Å². The third kappa shape index (κ3) is 5.58. The van der Waals surface area contributed by atoms with Crippen LogP contribution < -0.4 is 4.74 Å². The summed E-state index contributed by atoms with van der Waals surface area (Å²) in [6.45, 7) is 0.571. The molecule has 0 aliphatic rings. The van der Waals surface area contributed by atoms with Crippen LogP contribution in [0.4, 0.5) is 0 Å². The summed E-state index contributed by atoms with van der Waals surface area (Å²) in [7, 11) is 1.29. The highest BCUT2D eigenvalue weighted by Crippen LogP contribution is 2.24. The maximum atomic E-state index is 11.5.